The zero-order valence-electron chi connectivity index (χ0n) is 10.7. The number of fused-ring (bicyclic) bond motifs is 1. The Hall–Kier alpha value is -2.00. The van der Waals surface area contributed by atoms with Crippen molar-refractivity contribution in [3.05, 3.63) is 76.5 Å². The van der Waals surface area contributed by atoms with Crippen LogP contribution in [0.25, 0.3) is 10.8 Å². The number of halogens is 1. The maximum Gasteiger partial charge on any atom is 0.167 e. The number of rotatable bonds is 3. The molecule has 0 unspecified atom stereocenters. The van der Waals surface area contributed by atoms with Crippen molar-refractivity contribution in [2.24, 2.45) is 0 Å². The third kappa shape index (κ3) is 2.78. The van der Waals surface area contributed by atoms with Crippen molar-refractivity contribution in [3.8, 4) is 0 Å². The minimum Gasteiger partial charge on any atom is -0.294 e. The number of ketones is 1. The molecule has 0 aliphatic heterocycles. The summed E-state index contributed by atoms with van der Waals surface area (Å²) in [6.45, 7) is 0. The van der Waals surface area contributed by atoms with E-state index in [4.69, 9.17) is 0 Å². The highest BCUT2D eigenvalue weighted by molar-refractivity contribution is 9.10. The number of Topliss-reactive ketones (excluding diaryl/α,β-unsaturated/α-hetero) is 1. The van der Waals surface area contributed by atoms with Gasteiger partial charge in [-0.05, 0) is 46.7 Å². The molecule has 2 nitrogen and oxygen atoms in total. The van der Waals surface area contributed by atoms with E-state index >= 15 is 0 Å². The molecule has 0 atom stereocenters. The smallest absolute Gasteiger partial charge is 0.167 e. The van der Waals surface area contributed by atoms with Gasteiger partial charge in [-0.1, -0.05) is 34.1 Å². The van der Waals surface area contributed by atoms with E-state index in [1.807, 2.05) is 48.5 Å². The van der Waals surface area contributed by atoms with Gasteiger partial charge in [0.2, 0.25) is 0 Å². The third-order valence-corrected chi connectivity index (χ3v) is 3.73. The average molecular weight is 326 g/mol. The molecule has 3 heteroatoms. The Bertz CT molecular complexity index is 768. The van der Waals surface area contributed by atoms with E-state index in [0.717, 1.165) is 26.4 Å². The minimum absolute atomic E-state index is 0.126. The summed E-state index contributed by atoms with van der Waals surface area (Å²) in [4.78, 5) is 16.3. The van der Waals surface area contributed by atoms with Gasteiger partial charge < -0.3 is 0 Å². The van der Waals surface area contributed by atoms with Gasteiger partial charge in [-0.3, -0.25) is 9.78 Å². The minimum atomic E-state index is 0.126. The predicted molar refractivity (Wildman–Crippen MR) is 83.9 cm³/mol. The van der Waals surface area contributed by atoms with Crippen LogP contribution < -0.4 is 0 Å². The Morgan fingerprint density at radius 3 is 2.45 bits per heavy atom. The quantitative estimate of drug-likeness (QED) is 0.667. The number of aromatic nitrogens is 1. The van der Waals surface area contributed by atoms with Crippen LogP contribution in [-0.2, 0) is 6.42 Å². The zero-order valence-corrected chi connectivity index (χ0v) is 12.3. The summed E-state index contributed by atoms with van der Waals surface area (Å²) in [5.41, 5.74) is 1.73. The number of hydrogen-bond acceptors (Lipinski definition) is 2. The van der Waals surface area contributed by atoms with Crippen molar-refractivity contribution in [3.63, 3.8) is 0 Å². The Balaban J connectivity index is 1.90. The summed E-state index contributed by atoms with van der Waals surface area (Å²) in [6.07, 6.45) is 3.83. The largest absolute Gasteiger partial charge is 0.294 e. The summed E-state index contributed by atoms with van der Waals surface area (Å²) in [5, 5.41) is 2.20. The second-order valence-corrected chi connectivity index (χ2v) is 5.58. The molecule has 0 spiro atoms. The Kier molecular flexibility index (Phi) is 3.61. The first-order valence-corrected chi connectivity index (χ1v) is 7.13. The second kappa shape index (κ2) is 5.55. The highest BCUT2D eigenvalue weighted by Crippen LogP contribution is 2.21. The highest BCUT2D eigenvalue weighted by Gasteiger charge is 2.08. The maximum atomic E-state index is 12.3. The summed E-state index contributed by atoms with van der Waals surface area (Å²) >= 11 is 3.45. The molecule has 0 radical (unpaired) electrons. The molecule has 98 valence electrons. The van der Waals surface area contributed by atoms with Crippen LogP contribution in [-0.4, -0.2) is 10.8 Å². The summed E-state index contributed by atoms with van der Waals surface area (Å²) in [7, 11) is 0. The normalized spacial score (nSPS) is 10.7. The predicted octanol–water partition coefficient (Wildman–Crippen LogP) is 4.42. The van der Waals surface area contributed by atoms with Crippen molar-refractivity contribution < 1.29 is 4.79 Å². The molecule has 2 aromatic carbocycles. The third-order valence-electron chi connectivity index (χ3n) is 3.24. The number of carbonyl (C=O) groups excluding carboxylic acids is 1. The van der Waals surface area contributed by atoms with Gasteiger partial charge in [0.1, 0.15) is 0 Å². The van der Waals surface area contributed by atoms with Crippen LogP contribution in [0, 0.1) is 0 Å². The number of benzene rings is 2. The lowest BCUT2D eigenvalue weighted by molar-refractivity contribution is 0.0993. The molecule has 3 rings (SSSR count). The molecule has 20 heavy (non-hydrogen) atoms. The number of hydrogen-bond donors (Lipinski definition) is 0. The zero-order chi connectivity index (χ0) is 13.9. The van der Waals surface area contributed by atoms with Crippen LogP contribution in [0.15, 0.2) is 65.4 Å². The molecule has 0 N–H and O–H groups in total. The van der Waals surface area contributed by atoms with Crippen molar-refractivity contribution in [2.45, 2.75) is 6.42 Å². The second-order valence-electron chi connectivity index (χ2n) is 4.66. The average Bonchev–Trinajstić information content (AvgIpc) is 2.47. The molecule has 1 aromatic heterocycles. The van der Waals surface area contributed by atoms with Gasteiger partial charge in [0, 0.05) is 28.9 Å². The first kappa shape index (κ1) is 13.0. The number of pyridine rings is 1. The molecule has 0 aliphatic carbocycles. The van der Waals surface area contributed by atoms with Crippen LogP contribution >= 0.6 is 15.9 Å². The summed E-state index contributed by atoms with van der Waals surface area (Å²) < 4.78 is 1.04. The molecule has 0 amide bonds. The number of carbonyl (C=O) groups is 1. The first-order valence-electron chi connectivity index (χ1n) is 6.34. The number of nitrogens with zero attached hydrogens (tertiary/aromatic N) is 1. The maximum absolute atomic E-state index is 12.3. The standard InChI is InChI=1S/C17H12BrNO/c18-16-4-3-13-10-15(2-1-14(13)11-16)17(20)9-12-5-7-19-8-6-12/h1-8,10-11H,9H2. The summed E-state index contributed by atoms with van der Waals surface area (Å²) in [6, 6.07) is 15.6. The lowest BCUT2D eigenvalue weighted by atomic mass is 10.0. The molecule has 0 saturated heterocycles. The molecular weight excluding hydrogens is 314 g/mol. The van der Waals surface area contributed by atoms with Crippen LogP contribution in [0.2, 0.25) is 0 Å². The molecule has 0 aliphatic rings. The van der Waals surface area contributed by atoms with E-state index in [1.54, 1.807) is 12.4 Å². The Labute approximate surface area is 125 Å². The van der Waals surface area contributed by atoms with Crippen LogP contribution in [0.4, 0.5) is 0 Å². The molecule has 1 heterocycles. The highest BCUT2D eigenvalue weighted by atomic mass is 79.9. The van der Waals surface area contributed by atoms with Gasteiger partial charge in [-0.25, -0.2) is 0 Å². The molecule has 0 fully saturated rings. The van der Waals surface area contributed by atoms with Crippen molar-refractivity contribution in [2.75, 3.05) is 0 Å². The Morgan fingerprint density at radius 1 is 0.950 bits per heavy atom. The molecular formula is C17H12BrNO. The van der Waals surface area contributed by atoms with E-state index in [2.05, 4.69) is 20.9 Å². The Morgan fingerprint density at radius 2 is 1.65 bits per heavy atom. The van der Waals surface area contributed by atoms with Gasteiger partial charge in [0.15, 0.2) is 5.78 Å². The van der Waals surface area contributed by atoms with Crippen LogP contribution in [0.1, 0.15) is 15.9 Å². The lowest BCUT2D eigenvalue weighted by Gasteiger charge is -2.04. The van der Waals surface area contributed by atoms with Crippen LogP contribution in [0.3, 0.4) is 0 Å². The van der Waals surface area contributed by atoms with Gasteiger partial charge in [-0.15, -0.1) is 0 Å². The fourth-order valence-corrected chi connectivity index (χ4v) is 2.56. The van der Waals surface area contributed by atoms with E-state index in [1.165, 1.54) is 0 Å². The van der Waals surface area contributed by atoms with Crippen molar-refractivity contribution in [1.82, 2.24) is 4.98 Å². The lowest BCUT2D eigenvalue weighted by Crippen LogP contribution is -2.03. The fraction of sp³-hybridized carbons (Fsp3) is 0.0588. The van der Waals surface area contributed by atoms with Crippen LogP contribution in [0.5, 0.6) is 0 Å². The molecule has 0 saturated carbocycles. The van der Waals surface area contributed by atoms with Gasteiger partial charge in [0.05, 0.1) is 0 Å². The SMILES string of the molecule is O=C(Cc1ccncc1)c1ccc2cc(Br)ccc2c1. The topological polar surface area (TPSA) is 30.0 Å². The van der Waals surface area contributed by atoms with E-state index < -0.39 is 0 Å². The summed E-state index contributed by atoms with van der Waals surface area (Å²) in [5.74, 6) is 0.126. The molecule has 3 aromatic rings. The first-order chi connectivity index (χ1) is 9.72. The monoisotopic (exact) mass is 325 g/mol. The van der Waals surface area contributed by atoms with E-state index in [-0.39, 0.29) is 5.78 Å². The van der Waals surface area contributed by atoms with Gasteiger partial charge in [-0.2, -0.15) is 0 Å². The van der Waals surface area contributed by atoms with E-state index in [0.29, 0.717) is 6.42 Å². The van der Waals surface area contributed by atoms with Crippen molar-refractivity contribution >= 4 is 32.5 Å². The molecule has 0 bridgehead atoms. The van der Waals surface area contributed by atoms with Crippen molar-refractivity contribution in [1.29, 1.82) is 0 Å². The fourth-order valence-electron chi connectivity index (χ4n) is 2.18. The van der Waals surface area contributed by atoms with Gasteiger partial charge >= 0.3 is 0 Å². The van der Waals surface area contributed by atoms with Gasteiger partial charge in [0.25, 0.3) is 0 Å². The van der Waals surface area contributed by atoms with E-state index in [9.17, 15) is 4.79 Å².